The molecule has 66 valence electrons. The van der Waals surface area contributed by atoms with E-state index in [9.17, 15) is 9.90 Å². The number of aliphatic hydroxyl groups is 1. The van der Waals surface area contributed by atoms with E-state index in [1.54, 1.807) is 13.8 Å². The number of hydrogen-bond donors (Lipinski definition) is 2. The van der Waals surface area contributed by atoms with Crippen molar-refractivity contribution in [2.24, 2.45) is 5.73 Å². The number of likely N-dealkylation sites (N-methyl/N-ethyl adjacent to an activating group) is 1. The first kappa shape index (κ1) is 10.2. The van der Waals surface area contributed by atoms with Crippen molar-refractivity contribution in [3.8, 4) is 0 Å². The predicted octanol–water partition coefficient (Wildman–Crippen LogP) is 0.158. The molecule has 0 aromatic rings. The molecule has 0 aliphatic carbocycles. The van der Waals surface area contributed by atoms with Gasteiger partial charge in [0.15, 0.2) is 0 Å². The topological polar surface area (TPSA) is 66.6 Å². The van der Waals surface area contributed by atoms with Crippen molar-refractivity contribution < 1.29 is 9.90 Å². The number of hydrogen-bond acceptors (Lipinski definition) is 2. The lowest BCUT2D eigenvalue weighted by Gasteiger charge is -2.26. The van der Waals surface area contributed by atoms with Crippen LogP contribution in [0.25, 0.3) is 0 Å². The van der Waals surface area contributed by atoms with Gasteiger partial charge < -0.3 is 15.7 Å². The van der Waals surface area contributed by atoms with Crippen LogP contribution >= 0.6 is 0 Å². The maximum atomic E-state index is 10.6. The molecule has 0 aromatic heterocycles. The van der Waals surface area contributed by atoms with Crippen molar-refractivity contribution in [2.45, 2.75) is 26.4 Å². The minimum absolute atomic E-state index is 0.277. The van der Waals surface area contributed by atoms with Crippen LogP contribution in [-0.4, -0.2) is 34.7 Å². The monoisotopic (exact) mass is 160 g/mol. The Morgan fingerprint density at radius 3 is 2.18 bits per heavy atom. The van der Waals surface area contributed by atoms with E-state index in [0.717, 1.165) is 0 Å². The second kappa shape index (κ2) is 3.57. The van der Waals surface area contributed by atoms with Crippen molar-refractivity contribution in [1.82, 2.24) is 4.90 Å². The van der Waals surface area contributed by atoms with Crippen molar-refractivity contribution in [2.75, 3.05) is 13.1 Å². The lowest BCUT2D eigenvalue weighted by atomic mass is 10.1. The van der Waals surface area contributed by atoms with Crippen LogP contribution in [0.2, 0.25) is 0 Å². The van der Waals surface area contributed by atoms with E-state index < -0.39 is 11.6 Å². The van der Waals surface area contributed by atoms with Crippen LogP contribution in [0.4, 0.5) is 4.79 Å². The molecule has 2 amide bonds. The Morgan fingerprint density at radius 2 is 2.09 bits per heavy atom. The van der Waals surface area contributed by atoms with Gasteiger partial charge in [0.2, 0.25) is 0 Å². The van der Waals surface area contributed by atoms with Crippen molar-refractivity contribution >= 4 is 6.03 Å². The standard InChI is InChI=1S/C7H16N2O2/c1-4-9(6(8)10)5-7(2,3)11/h11H,4-5H2,1-3H3,(H2,8,10). The Balaban J connectivity index is 3.99. The predicted molar refractivity (Wildman–Crippen MR) is 43.1 cm³/mol. The molecular weight excluding hydrogens is 144 g/mol. The van der Waals surface area contributed by atoms with Gasteiger partial charge >= 0.3 is 6.03 Å². The summed E-state index contributed by atoms with van der Waals surface area (Å²) in [5.74, 6) is 0. The van der Waals surface area contributed by atoms with Crippen molar-refractivity contribution in [3.63, 3.8) is 0 Å². The van der Waals surface area contributed by atoms with Gasteiger partial charge in [-0.3, -0.25) is 0 Å². The number of primary amides is 1. The summed E-state index contributed by atoms with van der Waals surface area (Å²) in [6, 6.07) is -0.491. The summed E-state index contributed by atoms with van der Waals surface area (Å²) < 4.78 is 0. The molecule has 0 aromatic carbocycles. The molecule has 0 spiro atoms. The van der Waals surface area contributed by atoms with E-state index in [1.165, 1.54) is 4.90 Å². The van der Waals surface area contributed by atoms with Crippen LogP contribution in [-0.2, 0) is 0 Å². The molecule has 0 rings (SSSR count). The van der Waals surface area contributed by atoms with Crippen LogP contribution in [0.1, 0.15) is 20.8 Å². The van der Waals surface area contributed by atoms with E-state index in [-0.39, 0.29) is 6.54 Å². The summed E-state index contributed by atoms with van der Waals surface area (Å²) in [5, 5.41) is 9.32. The molecule has 0 aliphatic heterocycles. The van der Waals surface area contributed by atoms with Crippen LogP contribution in [0.15, 0.2) is 0 Å². The van der Waals surface area contributed by atoms with Gasteiger partial charge in [-0.2, -0.15) is 0 Å². The molecule has 0 aliphatic rings. The SMILES string of the molecule is CCN(CC(C)(C)O)C(N)=O. The molecule has 0 radical (unpaired) electrons. The molecule has 0 saturated heterocycles. The third kappa shape index (κ3) is 4.61. The second-order valence-corrected chi connectivity index (χ2v) is 3.16. The number of nitrogens with zero attached hydrogens (tertiary/aromatic N) is 1. The Kier molecular flexibility index (Phi) is 3.32. The quantitative estimate of drug-likeness (QED) is 0.617. The Hall–Kier alpha value is -0.770. The molecule has 0 saturated carbocycles. The fraction of sp³-hybridized carbons (Fsp3) is 0.857. The third-order valence-corrected chi connectivity index (χ3v) is 1.27. The van der Waals surface area contributed by atoms with Gasteiger partial charge in [0, 0.05) is 6.54 Å². The fourth-order valence-corrected chi connectivity index (χ4v) is 0.813. The Bertz CT molecular complexity index is 140. The zero-order chi connectivity index (χ0) is 9.07. The summed E-state index contributed by atoms with van der Waals surface area (Å²) >= 11 is 0. The third-order valence-electron chi connectivity index (χ3n) is 1.27. The number of carbonyl (C=O) groups is 1. The summed E-state index contributed by atoms with van der Waals surface area (Å²) in [7, 11) is 0. The molecule has 0 heterocycles. The maximum absolute atomic E-state index is 10.6. The Morgan fingerprint density at radius 1 is 1.64 bits per heavy atom. The number of urea groups is 1. The average Bonchev–Trinajstić information content (AvgIpc) is 1.80. The van der Waals surface area contributed by atoms with Crippen LogP contribution in [0, 0.1) is 0 Å². The minimum atomic E-state index is -0.870. The molecule has 4 heteroatoms. The maximum Gasteiger partial charge on any atom is 0.314 e. The summed E-state index contributed by atoms with van der Waals surface area (Å²) in [6.45, 7) is 5.89. The Labute approximate surface area is 67.0 Å². The van der Waals surface area contributed by atoms with Crippen LogP contribution in [0.3, 0.4) is 0 Å². The van der Waals surface area contributed by atoms with E-state index in [1.807, 2.05) is 6.92 Å². The van der Waals surface area contributed by atoms with E-state index >= 15 is 0 Å². The second-order valence-electron chi connectivity index (χ2n) is 3.16. The van der Waals surface area contributed by atoms with Gasteiger partial charge in [-0.1, -0.05) is 0 Å². The molecule has 0 fully saturated rings. The van der Waals surface area contributed by atoms with Gasteiger partial charge in [0.25, 0.3) is 0 Å². The first-order chi connectivity index (χ1) is 4.87. The molecular formula is C7H16N2O2. The summed E-state index contributed by atoms with van der Waals surface area (Å²) in [6.07, 6.45) is 0. The largest absolute Gasteiger partial charge is 0.389 e. The molecule has 4 nitrogen and oxygen atoms in total. The lowest BCUT2D eigenvalue weighted by molar-refractivity contribution is 0.0494. The van der Waals surface area contributed by atoms with Gasteiger partial charge in [-0.25, -0.2) is 4.79 Å². The minimum Gasteiger partial charge on any atom is -0.389 e. The van der Waals surface area contributed by atoms with Crippen LogP contribution < -0.4 is 5.73 Å². The highest BCUT2D eigenvalue weighted by molar-refractivity contribution is 5.71. The fourth-order valence-electron chi connectivity index (χ4n) is 0.813. The number of carbonyl (C=O) groups excluding carboxylic acids is 1. The zero-order valence-corrected chi connectivity index (χ0v) is 7.29. The van der Waals surface area contributed by atoms with Gasteiger partial charge in [-0.05, 0) is 20.8 Å². The van der Waals surface area contributed by atoms with Gasteiger partial charge in [0.1, 0.15) is 0 Å². The van der Waals surface area contributed by atoms with Crippen molar-refractivity contribution in [3.05, 3.63) is 0 Å². The highest BCUT2D eigenvalue weighted by Gasteiger charge is 2.18. The van der Waals surface area contributed by atoms with Gasteiger partial charge in [-0.15, -0.1) is 0 Å². The molecule has 3 N–H and O–H groups in total. The molecule has 0 bridgehead atoms. The highest BCUT2D eigenvalue weighted by Crippen LogP contribution is 2.03. The number of nitrogens with two attached hydrogens (primary N) is 1. The first-order valence-electron chi connectivity index (χ1n) is 3.63. The highest BCUT2D eigenvalue weighted by atomic mass is 16.3. The first-order valence-corrected chi connectivity index (χ1v) is 3.63. The van der Waals surface area contributed by atoms with E-state index in [4.69, 9.17) is 5.73 Å². The smallest absolute Gasteiger partial charge is 0.314 e. The van der Waals surface area contributed by atoms with Gasteiger partial charge in [0.05, 0.1) is 12.1 Å². The molecule has 0 atom stereocenters. The van der Waals surface area contributed by atoms with E-state index in [0.29, 0.717) is 6.54 Å². The summed E-state index contributed by atoms with van der Waals surface area (Å²) in [5.41, 5.74) is 4.16. The normalized spacial score (nSPS) is 11.3. The lowest BCUT2D eigenvalue weighted by Crippen LogP contribution is -2.44. The van der Waals surface area contributed by atoms with E-state index in [2.05, 4.69) is 0 Å². The molecule has 11 heavy (non-hydrogen) atoms. The van der Waals surface area contributed by atoms with Crippen LogP contribution in [0.5, 0.6) is 0 Å². The zero-order valence-electron chi connectivity index (χ0n) is 7.29. The molecule has 0 unspecified atom stereocenters. The summed E-state index contributed by atoms with van der Waals surface area (Å²) in [4.78, 5) is 12.0. The number of amides is 2. The average molecular weight is 160 g/mol. The number of rotatable bonds is 3. The van der Waals surface area contributed by atoms with Crippen molar-refractivity contribution in [1.29, 1.82) is 0 Å².